The molecule has 0 unspecified atom stereocenters. The fourth-order valence-electron chi connectivity index (χ4n) is 4.64. The Bertz CT molecular complexity index is 1120. The number of methoxy groups -OCH3 is 1. The van der Waals surface area contributed by atoms with Gasteiger partial charge in [0.05, 0.1) is 12.0 Å². The van der Waals surface area contributed by atoms with Crippen molar-refractivity contribution in [2.24, 2.45) is 5.92 Å². The van der Waals surface area contributed by atoms with Crippen LogP contribution in [0.5, 0.6) is 5.75 Å². The SMILES string of the molecule is COc1ccc(C(=O)N2CCC(C(=O)NCCc3ccc(S(=O)(=O)N4CCCC4)cc3)CC2)cc1. The minimum Gasteiger partial charge on any atom is -0.497 e. The summed E-state index contributed by atoms with van der Waals surface area (Å²) in [6.07, 6.45) is 3.72. The van der Waals surface area contributed by atoms with Gasteiger partial charge in [0.1, 0.15) is 5.75 Å². The standard InChI is InChI=1S/C26H33N3O5S/c1-34-23-8-6-22(7-9-23)26(31)28-18-13-21(14-19-28)25(30)27-15-12-20-4-10-24(11-5-20)35(32,33)29-16-2-3-17-29/h4-11,21H,2-3,12-19H2,1H3,(H,27,30). The zero-order valence-corrected chi connectivity index (χ0v) is 20.9. The zero-order chi connectivity index (χ0) is 24.8. The number of nitrogens with one attached hydrogen (secondary N) is 1. The lowest BCUT2D eigenvalue weighted by molar-refractivity contribution is -0.126. The molecule has 2 fully saturated rings. The molecule has 2 aliphatic rings. The van der Waals surface area contributed by atoms with Crippen LogP contribution in [0.25, 0.3) is 0 Å². The molecule has 8 nitrogen and oxygen atoms in total. The number of sulfonamides is 1. The fraction of sp³-hybridized carbons (Fsp3) is 0.462. The second-order valence-electron chi connectivity index (χ2n) is 9.09. The van der Waals surface area contributed by atoms with Crippen molar-refractivity contribution in [3.05, 3.63) is 59.7 Å². The smallest absolute Gasteiger partial charge is 0.253 e. The summed E-state index contributed by atoms with van der Waals surface area (Å²) in [6, 6.07) is 14.0. The normalized spacial score (nSPS) is 17.3. The molecule has 0 radical (unpaired) electrons. The summed E-state index contributed by atoms with van der Waals surface area (Å²) in [7, 11) is -1.82. The summed E-state index contributed by atoms with van der Waals surface area (Å²) in [4.78, 5) is 27.5. The van der Waals surface area contributed by atoms with Gasteiger partial charge in [0.25, 0.3) is 5.91 Å². The van der Waals surface area contributed by atoms with Crippen molar-refractivity contribution in [2.45, 2.75) is 37.0 Å². The summed E-state index contributed by atoms with van der Waals surface area (Å²) in [5.74, 6) is 0.583. The topological polar surface area (TPSA) is 96.0 Å². The van der Waals surface area contributed by atoms with Gasteiger partial charge in [-0.2, -0.15) is 4.31 Å². The number of likely N-dealkylation sites (tertiary alicyclic amines) is 1. The molecule has 0 saturated carbocycles. The number of piperidine rings is 1. The molecular weight excluding hydrogens is 466 g/mol. The second kappa shape index (κ2) is 11.2. The van der Waals surface area contributed by atoms with Crippen molar-refractivity contribution in [3.63, 3.8) is 0 Å². The quantitative estimate of drug-likeness (QED) is 0.603. The van der Waals surface area contributed by atoms with Gasteiger partial charge in [-0.25, -0.2) is 8.42 Å². The highest BCUT2D eigenvalue weighted by Gasteiger charge is 2.28. The second-order valence-corrected chi connectivity index (χ2v) is 11.0. The van der Waals surface area contributed by atoms with Crippen LogP contribution in [0.1, 0.15) is 41.6 Å². The van der Waals surface area contributed by atoms with E-state index in [0.717, 1.165) is 18.4 Å². The van der Waals surface area contributed by atoms with Gasteiger partial charge in [0.2, 0.25) is 15.9 Å². The first kappa shape index (κ1) is 25.2. The maximum absolute atomic E-state index is 12.7. The van der Waals surface area contributed by atoms with Crippen LogP contribution in [0.3, 0.4) is 0 Å². The van der Waals surface area contributed by atoms with Crippen LogP contribution in [0.15, 0.2) is 53.4 Å². The first-order chi connectivity index (χ1) is 16.9. The molecule has 0 bridgehead atoms. The molecule has 2 amide bonds. The number of ether oxygens (including phenoxy) is 1. The molecule has 2 aliphatic heterocycles. The molecule has 2 aromatic carbocycles. The number of hydrogen-bond acceptors (Lipinski definition) is 5. The highest BCUT2D eigenvalue weighted by molar-refractivity contribution is 7.89. The summed E-state index contributed by atoms with van der Waals surface area (Å²) in [6.45, 7) is 2.77. The maximum Gasteiger partial charge on any atom is 0.253 e. The Hall–Kier alpha value is -2.91. The van der Waals surface area contributed by atoms with Gasteiger partial charge < -0.3 is 15.0 Å². The van der Waals surface area contributed by atoms with E-state index in [2.05, 4.69) is 5.32 Å². The van der Waals surface area contributed by atoms with Crippen molar-refractivity contribution in [2.75, 3.05) is 39.8 Å². The summed E-state index contributed by atoms with van der Waals surface area (Å²) in [5.41, 5.74) is 1.60. The highest BCUT2D eigenvalue weighted by atomic mass is 32.2. The van der Waals surface area contributed by atoms with E-state index in [-0.39, 0.29) is 17.7 Å². The minimum atomic E-state index is -3.41. The lowest BCUT2D eigenvalue weighted by atomic mass is 9.95. The van der Waals surface area contributed by atoms with E-state index < -0.39 is 10.0 Å². The van der Waals surface area contributed by atoms with Crippen molar-refractivity contribution >= 4 is 21.8 Å². The van der Waals surface area contributed by atoms with Gasteiger partial charge in [0, 0.05) is 44.2 Å². The molecule has 35 heavy (non-hydrogen) atoms. The Balaban J connectivity index is 1.20. The molecule has 9 heteroatoms. The molecule has 0 atom stereocenters. The van der Waals surface area contributed by atoms with Gasteiger partial charge >= 0.3 is 0 Å². The number of rotatable bonds is 8. The van der Waals surface area contributed by atoms with Crippen molar-refractivity contribution in [1.82, 2.24) is 14.5 Å². The maximum atomic E-state index is 12.7. The van der Waals surface area contributed by atoms with Crippen molar-refractivity contribution in [3.8, 4) is 5.75 Å². The Morgan fingerprint density at radius 1 is 0.943 bits per heavy atom. The van der Waals surface area contributed by atoms with Crippen molar-refractivity contribution < 1.29 is 22.7 Å². The molecule has 4 rings (SSSR count). The molecule has 2 heterocycles. The summed E-state index contributed by atoms with van der Waals surface area (Å²) in [5, 5.41) is 3.00. The van der Waals surface area contributed by atoms with E-state index in [1.165, 1.54) is 4.31 Å². The van der Waals surface area contributed by atoms with Gasteiger partial charge in [-0.15, -0.1) is 0 Å². The molecule has 1 N–H and O–H groups in total. The number of amides is 2. The third-order valence-corrected chi connectivity index (χ3v) is 8.74. The third-order valence-electron chi connectivity index (χ3n) is 6.83. The fourth-order valence-corrected chi connectivity index (χ4v) is 6.16. The van der Waals surface area contributed by atoms with E-state index >= 15 is 0 Å². The lowest BCUT2D eigenvalue weighted by Gasteiger charge is -2.31. The summed E-state index contributed by atoms with van der Waals surface area (Å²) >= 11 is 0. The number of nitrogens with zero attached hydrogens (tertiary/aromatic N) is 2. The highest BCUT2D eigenvalue weighted by Crippen LogP contribution is 2.22. The largest absolute Gasteiger partial charge is 0.497 e. The third kappa shape index (κ3) is 6.02. The average molecular weight is 500 g/mol. The lowest BCUT2D eigenvalue weighted by Crippen LogP contribution is -2.43. The summed E-state index contributed by atoms with van der Waals surface area (Å²) < 4.78 is 31.9. The molecule has 2 aromatic rings. The van der Waals surface area contributed by atoms with Crippen LogP contribution < -0.4 is 10.1 Å². The van der Waals surface area contributed by atoms with Crippen LogP contribution in [0.4, 0.5) is 0 Å². The number of hydrogen-bond donors (Lipinski definition) is 1. The monoisotopic (exact) mass is 499 g/mol. The Morgan fingerprint density at radius 3 is 2.17 bits per heavy atom. The van der Waals surface area contributed by atoms with Gasteiger partial charge in [0.15, 0.2) is 0 Å². The van der Waals surface area contributed by atoms with E-state index in [4.69, 9.17) is 4.74 Å². The predicted octanol–water partition coefficient (Wildman–Crippen LogP) is 2.69. The van der Waals surface area contributed by atoms with E-state index in [1.54, 1.807) is 48.4 Å². The number of benzene rings is 2. The zero-order valence-electron chi connectivity index (χ0n) is 20.1. The molecule has 2 saturated heterocycles. The number of carbonyl (C=O) groups excluding carboxylic acids is 2. The van der Waals surface area contributed by atoms with Gasteiger partial charge in [-0.05, 0) is 74.1 Å². The van der Waals surface area contributed by atoms with Crippen LogP contribution in [-0.2, 0) is 21.2 Å². The van der Waals surface area contributed by atoms with E-state index in [0.29, 0.717) is 68.2 Å². The van der Waals surface area contributed by atoms with Crippen molar-refractivity contribution in [1.29, 1.82) is 0 Å². The first-order valence-electron chi connectivity index (χ1n) is 12.2. The van der Waals surface area contributed by atoms with Crippen LogP contribution in [0, 0.1) is 5.92 Å². The molecule has 188 valence electrons. The molecule has 0 aromatic heterocycles. The number of carbonyl (C=O) groups is 2. The minimum absolute atomic E-state index is 0.00905. The van der Waals surface area contributed by atoms with E-state index in [9.17, 15) is 18.0 Å². The molecule has 0 spiro atoms. The average Bonchev–Trinajstić information content (AvgIpc) is 3.45. The Kier molecular flexibility index (Phi) is 8.07. The Morgan fingerprint density at radius 2 is 1.57 bits per heavy atom. The molecule has 0 aliphatic carbocycles. The predicted molar refractivity (Wildman–Crippen MR) is 133 cm³/mol. The molecular formula is C26H33N3O5S. The van der Waals surface area contributed by atoms with E-state index in [1.807, 2.05) is 12.1 Å². The van der Waals surface area contributed by atoms with Gasteiger partial charge in [-0.1, -0.05) is 12.1 Å². The van der Waals surface area contributed by atoms with Crippen LogP contribution in [-0.4, -0.2) is 69.3 Å². The Labute approximate surface area is 207 Å². The first-order valence-corrected chi connectivity index (χ1v) is 13.6. The van der Waals surface area contributed by atoms with Gasteiger partial charge in [-0.3, -0.25) is 9.59 Å². The van der Waals surface area contributed by atoms with Crippen LogP contribution in [0.2, 0.25) is 0 Å². The van der Waals surface area contributed by atoms with Crippen LogP contribution >= 0.6 is 0 Å².